The highest BCUT2D eigenvalue weighted by Crippen LogP contribution is 2.23. The van der Waals surface area contributed by atoms with E-state index in [2.05, 4.69) is 26.0 Å². The van der Waals surface area contributed by atoms with E-state index in [-0.39, 0.29) is 5.91 Å². The average Bonchev–Trinajstić information content (AvgIpc) is 2.42. The van der Waals surface area contributed by atoms with E-state index in [0.29, 0.717) is 16.9 Å². The van der Waals surface area contributed by atoms with Crippen molar-refractivity contribution >= 4 is 43.2 Å². The molecule has 0 heterocycles. The first kappa shape index (κ1) is 16.5. The number of rotatable bonds is 4. The maximum atomic E-state index is 12.3. The number of nitrogens with one attached hydrogen (secondary N) is 2. The number of hydrogen-bond donors (Lipinski definition) is 2. The molecule has 0 radical (unpaired) electrons. The van der Waals surface area contributed by atoms with Crippen LogP contribution in [0.3, 0.4) is 0 Å². The number of halogens is 1. The number of amides is 1. The fourth-order valence-corrected chi connectivity index (χ4v) is 2.83. The molecule has 22 heavy (non-hydrogen) atoms. The van der Waals surface area contributed by atoms with Gasteiger partial charge in [-0.05, 0) is 52.7 Å². The standard InChI is InChI=1S/C15H15BrN2O3S/c1-10-7-8-11(9-14(10)18-22(2,20)21)15(19)17-13-6-4-3-5-12(13)16/h3-9,18H,1-2H3,(H,17,19). The van der Waals surface area contributed by atoms with E-state index in [1.165, 1.54) is 6.07 Å². The summed E-state index contributed by atoms with van der Waals surface area (Å²) in [6.07, 6.45) is 1.07. The summed E-state index contributed by atoms with van der Waals surface area (Å²) in [7, 11) is -3.40. The van der Waals surface area contributed by atoms with E-state index in [1.54, 1.807) is 25.1 Å². The molecule has 0 aliphatic heterocycles. The third kappa shape index (κ3) is 4.32. The summed E-state index contributed by atoms with van der Waals surface area (Å²) in [6.45, 7) is 1.77. The van der Waals surface area contributed by atoms with Gasteiger partial charge >= 0.3 is 0 Å². The second kappa shape index (κ2) is 6.50. The van der Waals surface area contributed by atoms with Gasteiger partial charge in [-0.15, -0.1) is 0 Å². The topological polar surface area (TPSA) is 75.3 Å². The Kier molecular flexibility index (Phi) is 4.87. The predicted octanol–water partition coefficient (Wildman–Crippen LogP) is 3.38. The van der Waals surface area contributed by atoms with Crippen molar-refractivity contribution in [3.8, 4) is 0 Å². The van der Waals surface area contributed by atoms with Gasteiger partial charge in [0.05, 0.1) is 17.6 Å². The number of anilines is 2. The maximum Gasteiger partial charge on any atom is 0.255 e. The predicted molar refractivity (Wildman–Crippen MR) is 91.7 cm³/mol. The van der Waals surface area contributed by atoms with Crippen molar-refractivity contribution in [2.75, 3.05) is 16.3 Å². The van der Waals surface area contributed by atoms with E-state index in [1.807, 2.05) is 18.2 Å². The van der Waals surface area contributed by atoms with Crippen LogP contribution < -0.4 is 10.0 Å². The van der Waals surface area contributed by atoms with Gasteiger partial charge in [-0.25, -0.2) is 8.42 Å². The molecule has 0 saturated carbocycles. The lowest BCUT2D eigenvalue weighted by Gasteiger charge is -2.11. The van der Waals surface area contributed by atoms with E-state index >= 15 is 0 Å². The van der Waals surface area contributed by atoms with Gasteiger partial charge in [-0.2, -0.15) is 0 Å². The summed E-state index contributed by atoms with van der Waals surface area (Å²) in [5.41, 5.74) is 2.14. The summed E-state index contributed by atoms with van der Waals surface area (Å²) in [5.74, 6) is -0.316. The summed E-state index contributed by atoms with van der Waals surface area (Å²) in [4.78, 5) is 12.3. The molecule has 2 aromatic rings. The van der Waals surface area contributed by atoms with Gasteiger partial charge in [0.1, 0.15) is 0 Å². The molecule has 7 heteroatoms. The molecule has 0 unspecified atom stereocenters. The largest absolute Gasteiger partial charge is 0.321 e. The first-order valence-corrected chi connectivity index (χ1v) is 9.09. The summed E-state index contributed by atoms with van der Waals surface area (Å²) >= 11 is 3.36. The van der Waals surface area contributed by atoms with Crippen LogP contribution in [-0.2, 0) is 10.0 Å². The van der Waals surface area contributed by atoms with Crippen molar-refractivity contribution in [2.24, 2.45) is 0 Å². The minimum absolute atomic E-state index is 0.316. The third-order valence-electron chi connectivity index (χ3n) is 2.92. The molecule has 0 aliphatic rings. The average molecular weight is 383 g/mol. The Balaban J connectivity index is 2.27. The monoisotopic (exact) mass is 382 g/mol. The molecule has 0 aromatic heterocycles. The van der Waals surface area contributed by atoms with Crippen LogP contribution in [0.15, 0.2) is 46.9 Å². The van der Waals surface area contributed by atoms with Crippen molar-refractivity contribution in [3.05, 3.63) is 58.1 Å². The zero-order valence-corrected chi connectivity index (χ0v) is 14.5. The molecule has 116 valence electrons. The minimum atomic E-state index is -3.40. The van der Waals surface area contributed by atoms with E-state index in [9.17, 15) is 13.2 Å². The van der Waals surface area contributed by atoms with Gasteiger partial charge in [0.15, 0.2) is 0 Å². The van der Waals surface area contributed by atoms with Crippen LogP contribution in [0.2, 0.25) is 0 Å². The van der Waals surface area contributed by atoms with Gasteiger partial charge in [-0.3, -0.25) is 9.52 Å². The van der Waals surface area contributed by atoms with Gasteiger partial charge < -0.3 is 5.32 Å². The SMILES string of the molecule is Cc1ccc(C(=O)Nc2ccccc2Br)cc1NS(C)(=O)=O. The number of para-hydroxylation sites is 1. The Morgan fingerprint density at radius 3 is 2.41 bits per heavy atom. The Labute approximate surface area is 137 Å². The number of aryl methyl sites for hydroxylation is 1. The fraction of sp³-hybridized carbons (Fsp3) is 0.133. The zero-order chi connectivity index (χ0) is 16.3. The van der Waals surface area contributed by atoms with Gasteiger partial charge in [0.2, 0.25) is 10.0 Å². The molecule has 2 N–H and O–H groups in total. The minimum Gasteiger partial charge on any atom is -0.321 e. The second-order valence-corrected chi connectivity index (χ2v) is 7.44. The highest BCUT2D eigenvalue weighted by atomic mass is 79.9. The molecule has 2 rings (SSSR count). The van der Waals surface area contributed by atoms with Gasteiger partial charge in [0.25, 0.3) is 5.91 Å². The lowest BCUT2D eigenvalue weighted by atomic mass is 10.1. The summed E-state index contributed by atoms with van der Waals surface area (Å²) in [6, 6.07) is 12.1. The van der Waals surface area contributed by atoms with Crippen molar-refractivity contribution in [3.63, 3.8) is 0 Å². The number of carbonyl (C=O) groups is 1. The number of benzene rings is 2. The molecule has 0 fully saturated rings. The van der Waals surface area contributed by atoms with E-state index in [0.717, 1.165) is 16.3 Å². The lowest BCUT2D eigenvalue weighted by Crippen LogP contribution is -2.15. The van der Waals surface area contributed by atoms with Crippen LogP contribution in [0.25, 0.3) is 0 Å². The van der Waals surface area contributed by atoms with Crippen molar-refractivity contribution in [1.82, 2.24) is 0 Å². The Bertz CT molecular complexity index is 819. The van der Waals surface area contributed by atoms with Gasteiger partial charge in [-0.1, -0.05) is 18.2 Å². The molecule has 0 aliphatic carbocycles. The van der Waals surface area contributed by atoms with Crippen LogP contribution in [-0.4, -0.2) is 20.6 Å². The molecule has 0 bridgehead atoms. The van der Waals surface area contributed by atoms with Crippen LogP contribution in [0, 0.1) is 6.92 Å². The van der Waals surface area contributed by atoms with Gasteiger partial charge in [0, 0.05) is 10.0 Å². The number of carbonyl (C=O) groups excluding carboxylic acids is 1. The molecule has 5 nitrogen and oxygen atoms in total. The first-order valence-electron chi connectivity index (χ1n) is 6.40. The summed E-state index contributed by atoms with van der Waals surface area (Å²) < 4.78 is 25.9. The quantitative estimate of drug-likeness (QED) is 0.850. The van der Waals surface area contributed by atoms with E-state index in [4.69, 9.17) is 0 Å². The number of hydrogen-bond acceptors (Lipinski definition) is 3. The fourth-order valence-electron chi connectivity index (χ4n) is 1.83. The van der Waals surface area contributed by atoms with Crippen molar-refractivity contribution < 1.29 is 13.2 Å². The maximum absolute atomic E-state index is 12.3. The molecular weight excluding hydrogens is 368 g/mol. The Morgan fingerprint density at radius 1 is 1.09 bits per heavy atom. The molecule has 2 aromatic carbocycles. The Morgan fingerprint density at radius 2 is 1.77 bits per heavy atom. The van der Waals surface area contributed by atoms with Crippen LogP contribution in [0.1, 0.15) is 15.9 Å². The van der Waals surface area contributed by atoms with Crippen LogP contribution in [0.5, 0.6) is 0 Å². The second-order valence-electron chi connectivity index (χ2n) is 4.84. The van der Waals surface area contributed by atoms with Crippen molar-refractivity contribution in [2.45, 2.75) is 6.92 Å². The van der Waals surface area contributed by atoms with E-state index < -0.39 is 10.0 Å². The molecular formula is C15H15BrN2O3S. The Hall–Kier alpha value is -1.86. The first-order chi connectivity index (χ1) is 10.3. The lowest BCUT2D eigenvalue weighted by molar-refractivity contribution is 0.102. The molecule has 0 atom stereocenters. The van der Waals surface area contributed by atoms with Crippen LogP contribution in [0.4, 0.5) is 11.4 Å². The number of sulfonamides is 1. The molecule has 0 spiro atoms. The smallest absolute Gasteiger partial charge is 0.255 e. The summed E-state index contributed by atoms with van der Waals surface area (Å²) in [5, 5.41) is 2.77. The highest BCUT2D eigenvalue weighted by molar-refractivity contribution is 9.10. The van der Waals surface area contributed by atoms with Crippen molar-refractivity contribution in [1.29, 1.82) is 0 Å². The third-order valence-corrected chi connectivity index (χ3v) is 4.20. The molecule has 1 amide bonds. The molecule has 0 saturated heterocycles. The zero-order valence-electron chi connectivity index (χ0n) is 12.1. The van der Waals surface area contributed by atoms with Crippen LogP contribution >= 0.6 is 15.9 Å². The highest BCUT2D eigenvalue weighted by Gasteiger charge is 2.12. The normalized spacial score (nSPS) is 11.0.